The molecule has 2 aromatic rings. The fourth-order valence-electron chi connectivity index (χ4n) is 3.79. The summed E-state index contributed by atoms with van der Waals surface area (Å²) in [5.41, 5.74) is 11.9. The monoisotopic (exact) mass is 377 g/mol. The van der Waals surface area contributed by atoms with Crippen LogP contribution < -0.4 is 16.8 Å². The first-order chi connectivity index (χ1) is 13.0. The Morgan fingerprint density at radius 2 is 2.15 bits per heavy atom. The molecule has 2 bridgehead atoms. The van der Waals surface area contributed by atoms with Gasteiger partial charge in [-0.2, -0.15) is 9.97 Å². The largest absolute Gasteiger partial charge is 0.387 e. The normalized spacial score (nSPS) is 32.4. The molecular formula is C17H27N7O3. The lowest BCUT2D eigenvalue weighted by molar-refractivity contribution is -0.198. The number of ether oxygens (including phenoxy) is 2. The van der Waals surface area contributed by atoms with E-state index in [-0.39, 0.29) is 6.10 Å². The molecule has 4 rings (SSSR count). The average Bonchev–Trinajstić information content (AvgIpc) is 3.23. The molecule has 6 N–H and O–H groups in total. The second-order valence-corrected chi connectivity index (χ2v) is 7.41. The number of aliphatic hydroxyl groups excluding tert-OH is 1. The molecule has 2 aliphatic rings. The van der Waals surface area contributed by atoms with E-state index in [4.69, 9.17) is 20.9 Å². The molecule has 2 saturated heterocycles. The molecule has 10 heteroatoms. The van der Waals surface area contributed by atoms with E-state index >= 15 is 0 Å². The Morgan fingerprint density at radius 3 is 2.81 bits per heavy atom. The van der Waals surface area contributed by atoms with Gasteiger partial charge in [0, 0.05) is 6.54 Å². The van der Waals surface area contributed by atoms with E-state index in [1.807, 2.05) is 13.8 Å². The van der Waals surface area contributed by atoms with E-state index in [0.717, 1.165) is 25.8 Å². The summed E-state index contributed by atoms with van der Waals surface area (Å²) in [5, 5.41) is 13.7. The molecule has 2 aliphatic heterocycles. The number of unbranched alkanes of at least 4 members (excludes halogenated alkanes) is 2. The van der Waals surface area contributed by atoms with E-state index in [0.29, 0.717) is 29.5 Å². The highest BCUT2D eigenvalue weighted by molar-refractivity contribution is 5.83. The van der Waals surface area contributed by atoms with E-state index in [2.05, 4.69) is 20.3 Å². The number of hydrogen-bond acceptors (Lipinski definition) is 9. The molecule has 0 aliphatic carbocycles. The van der Waals surface area contributed by atoms with Crippen LogP contribution in [-0.2, 0) is 9.47 Å². The molecular weight excluding hydrogens is 350 g/mol. The number of nitrogens with two attached hydrogens (primary N) is 2. The number of rotatable bonds is 7. The summed E-state index contributed by atoms with van der Waals surface area (Å²) < 4.78 is 13.8. The van der Waals surface area contributed by atoms with Gasteiger partial charge in [-0.1, -0.05) is 6.42 Å². The summed E-state index contributed by atoms with van der Waals surface area (Å²) in [7, 11) is 0. The van der Waals surface area contributed by atoms with E-state index in [1.165, 1.54) is 0 Å². The van der Waals surface area contributed by atoms with Crippen LogP contribution in [0.5, 0.6) is 0 Å². The SMILES string of the molecule is C[C@@H]1O[C@H]2[C@H](n3cnc4c(N)nc(NCCCCCN)nc43)O[C@]1(C)[C@H]2O. The van der Waals surface area contributed by atoms with Crippen molar-refractivity contribution >= 4 is 22.9 Å². The van der Waals surface area contributed by atoms with Gasteiger partial charge in [0.05, 0.1) is 12.4 Å². The van der Waals surface area contributed by atoms with Crippen molar-refractivity contribution < 1.29 is 14.6 Å². The number of aromatic nitrogens is 4. The van der Waals surface area contributed by atoms with Crippen LogP contribution in [-0.4, -0.2) is 61.6 Å². The van der Waals surface area contributed by atoms with Crippen LogP contribution in [0.25, 0.3) is 11.2 Å². The smallest absolute Gasteiger partial charge is 0.226 e. The van der Waals surface area contributed by atoms with Crippen molar-refractivity contribution in [1.82, 2.24) is 19.5 Å². The molecule has 10 nitrogen and oxygen atoms in total. The maximum absolute atomic E-state index is 10.5. The van der Waals surface area contributed by atoms with Crippen LogP contribution in [0.15, 0.2) is 6.33 Å². The first kappa shape index (κ1) is 18.4. The third-order valence-corrected chi connectivity index (χ3v) is 5.61. The van der Waals surface area contributed by atoms with Gasteiger partial charge in [0.15, 0.2) is 17.7 Å². The summed E-state index contributed by atoms with van der Waals surface area (Å²) in [5.74, 6) is 0.742. The van der Waals surface area contributed by atoms with Crippen LogP contribution in [0.3, 0.4) is 0 Å². The molecule has 0 spiro atoms. The Balaban J connectivity index is 1.58. The van der Waals surface area contributed by atoms with Crippen molar-refractivity contribution in [1.29, 1.82) is 0 Å². The van der Waals surface area contributed by atoms with Crippen LogP contribution >= 0.6 is 0 Å². The van der Waals surface area contributed by atoms with Gasteiger partial charge >= 0.3 is 0 Å². The fraction of sp³-hybridized carbons (Fsp3) is 0.706. The summed E-state index contributed by atoms with van der Waals surface area (Å²) in [6.07, 6.45) is 2.73. The molecule has 2 aromatic heterocycles. The van der Waals surface area contributed by atoms with Gasteiger partial charge in [0.2, 0.25) is 5.95 Å². The zero-order valence-electron chi connectivity index (χ0n) is 15.6. The Labute approximate surface area is 157 Å². The summed E-state index contributed by atoms with van der Waals surface area (Å²) in [6, 6.07) is 0. The highest BCUT2D eigenvalue weighted by Gasteiger charge is 2.63. The number of nitrogens with one attached hydrogen (secondary N) is 1. The highest BCUT2D eigenvalue weighted by atomic mass is 16.7. The van der Waals surface area contributed by atoms with Crippen molar-refractivity contribution in [3.63, 3.8) is 0 Å². The minimum atomic E-state index is -0.755. The number of anilines is 2. The summed E-state index contributed by atoms with van der Waals surface area (Å²) >= 11 is 0. The van der Waals surface area contributed by atoms with Crippen molar-refractivity contribution in [2.75, 3.05) is 24.1 Å². The summed E-state index contributed by atoms with van der Waals surface area (Å²) in [4.78, 5) is 13.2. The van der Waals surface area contributed by atoms with Crippen molar-refractivity contribution in [2.45, 2.75) is 63.3 Å². The first-order valence-corrected chi connectivity index (χ1v) is 9.41. The molecule has 0 amide bonds. The van der Waals surface area contributed by atoms with Crippen LogP contribution in [0, 0.1) is 0 Å². The standard InChI is InChI=1S/C17H27N7O3/c1-9-17(2)12(25)11(26-9)15(27-17)24-8-21-10-13(19)22-16(23-14(10)24)20-7-5-3-4-6-18/h8-9,11-12,15,25H,3-7,18H2,1-2H3,(H3,19,20,22,23)/t9-,11+,12-,15+,17-/m0/s1. The predicted molar refractivity (Wildman–Crippen MR) is 100.0 cm³/mol. The Kier molecular flexibility index (Phi) is 4.66. The third kappa shape index (κ3) is 2.92. The first-order valence-electron chi connectivity index (χ1n) is 9.41. The Hall–Kier alpha value is -2.01. The van der Waals surface area contributed by atoms with Gasteiger partial charge in [-0.05, 0) is 33.2 Å². The van der Waals surface area contributed by atoms with Crippen LogP contribution in [0.2, 0.25) is 0 Å². The quantitative estimate of drug-likeness (QED) is 0.503. The molecule has 0 saturated carbocycles. The van der Waals surface area contributed by atoms with Gasteiger partial charge in [0.25, 0.3) is 0 Å². The number of fused-ring (bicyclic) bond motifs is 3. The minimum Gasteiger partial charge on any atom is -0.387 e. The van der Waals surface area contributed by atoms with Gasteiger partial charge < -0.3 is 31.4 Å². The molecule has 0 aromatic carbocycles. The number of nitrogen functional groups attached to an aromatic ring is 1. The van der Waals surface area contributed by atoms with Gasteiger partial charge in [-0.25, -0.2) is 4.98 Å². The van der Waals surface area contributed by atoms with Crippen LogP contribution in [0.4, 0.5) is 11.8 Å². The number of imidazole rings is 1. The number of nitrogens with zero attached hydrogens (tertiary/aromatic N) is 4. The van der Waals surface area contributed by atoms with Crippen LogP contribution in [0.1, 0.15) is 39.3 Å². The number of aliphatic hydroxyl groups is 1. The lowest BCUT2D eigenvalue weighted by atomic mass is 9.96. The van der Waals surface area contributed by atoms with Crippen molar-refractivity contribution in [3.8, 4) is 0 Å². The molecule has 2 fully saturated rings. The van der Waals surface area contributed by atoms with E-state index in [1.54, 1.807) is 10.9 Å². The Bertz CT molecular complexity index is 828. The van der Waals surface area contributed by atoms with Gasteiger partial charge in [-0.3, -0.25) is 4.57 Å². The third-order valence-electron chi connectivity index (χ3n) is 5.61. The zero-order chi connectivity index (χ0) is 19.2. The molecule has 4 heterocycles. The average molecular weight is 377 g/mol. The maximum atomic E-state index is 10.5. The predicted octanol–water partition coefficient (Wildman–Crippen LogP) is 0.385. The molecule has 0 radical (unpaired) electrons. The lowest BCUT2D eigenvalue weighted by Gasteiger charge is -2.33. The van der Waals surface area contributed by atoms with Gasteiger partial charge in [0.1, 0.15) is 23.3 Å². The van der Waals surface area contributed by atoms with Crippen molar-refractivity contribution in [3.05, 3.63) is 6.33 Å². The molecule has 27 heavy (non-hydrogen) atoms. The molecule has 148 valence electrons. The zero-order valence-corrected chi connectivity index (χ0v) is 15.6. The highest BCUT2D eigenvalue weighted by Crippen LogP contribution is 2.48. The lowest BCUT2D eigenvalue weighted by Crippen LogP contribution is -2.42. The topological polar surface area (TPSA) is 146 Å². The van der Waals surface area contributed by atoms with E-state index < -0.39 is 24.0 Å². The van der Waals surface area contributed by atoms with E-state index in [9.17, 15) is 5.11 Å². The Morgan fingerprint density at radius 1 is 1.33 bits per heavy atom. The summed E-state index contributed by atoms with van der Waals surface area (Å²) in [6.45, 7) is 5.19. The second-order valence-electron chi connectivity index (χ2n) is 7.41. The number of hydrogen-bond donors (Lipinski definition) is 4. The minimum absolute atomic E-state index is 0.186. The second kappa shape index (κ2) is 6.86. The molecule has 5 atom stereocenters. The maximum Gasteiger partial charge on any atom is 0.226 e. The fourth-order valence-corrected chi connectivity index (χ4v) is 3.79. The van der Waals surface area contributed by atoms with Gasteiger partial charge in [-0.15, -0.1) is 0 Å². The molecule has 0 unspecified atom stereocenters. The van der Waals surface area contributed by atoms with Crippen molar-refractivity contribution in [2.24, 2.45) is 5.73 Å².